The van der Waals surface area contributed by atoms with E-state index in [2.05, 4.69) is 0 Å². The zero-order valence-electron chi connectivity index (χ0n) is 20.1. The van der Waals surface area contributed by atoms with Gasteiger partial charge < -0.3 is 23.6 Å². The minimum atomic E-state index is -4.27. The molecular weight excluding hydrogens is 554 g/mol. The van der Waals surface area contributed by atoms with Crippen LogP contribution < -0.4 is 33.0 Å². The molecule has 0 radical (unpaired) electrons. The van der Waals surface area contributed by atoms with Gasteiger partial charge in [-0.15, -0.1) is 10.4 Å². The molecule has 3 aromatic carbocycles. The Morgan fingerprint density at radius 2 is 1.34 bits per heavy atom. The van der Waals surface area contributed by atoms with E-state index in [0.29, 0.717) is 22.1 Å². The maximum atomic E-state index is 13.5. The predicted molar refractivity (Wildman–Crippen MR) is 139 cm³/mol. The summed E-state index contributed by atoms with van der Waals surface area (Å²) in [7, 11) is -1.21. The quantitative estimate of drug-likeness (QED) is 0.151. The number of pyridine rings is 1. The fourth-order valence-electron chi connectivity index (χ4n) is 2.75. The molecule has 4 rings (SSSR count). The van der Waals surface area contributed by atoms with Crippen LogP contribution in [0.3, 0.4) is 0 Å². The smallest absolute Gasteiger partial charge is 0.700 e. The molecule has 0 aliphatic heterocycles. The molecule has 0 aliphatic carbocycles. The number of aromatic nitrogens is 1. The van der Waals surface area contributed by atoms with E-state index < -0.39 is 7.82 Å². The van der Waals surface area contributed by atoms with Gasteiger partial charge in [-0.1, -0.05) is 29.8 Å². The molecule has 0 aliphatic rings. The third kappa shape index (κ3) is 8.49. The number of benzene rings is 3. The zero-order valence-corrected chi connectivity index (χ0v) is 22.5. The Morgan fingerprint density at radius 1 is 0.816 bits per heavy atom. The Kier molecular flexibility index (Phi) is 10.1. The van der Waals surface area contributed by atoms with Crippen LogP contribution in [0.2, 0.25) is 10.2 Å². The normalized spacial score (nSPS) is 10.3. The van der Waals surface area contributed by atoms with E-state index in [9.17, 15) is 9.67 Å². The highest BCUT2D eigenvalue weighted by Gasteiger charge is 2.39. The summed E-state index contributed by atoms with van der Waals surface area (Å²) in [6.45, 7) is 0. The highest BCUT2D eigenvalue weighted by molar-refractivity contribution is 7.49. The van der Waals surface area contributed by atoms with Gasteiger partial charge in [-0.05, 0) is 66.2 Å². The maximum Gasteiger partial charge on any atom is 0.700 e. The number of halogens is 2. The molecule has 196 valence electrons. The van der Waals surface area contributed by atoms with Crippen LogP contribution in [0.25, 0.3) is 0 Å². The molecule has 0 amide bonds. The molecule has 0 saturated heterocycles. The molecule has 38 heavy (non-hydrogen) atoms. The van der Waals surface area contributed by atoms with E-state index in [1.165, 1.54) is 44.7 Å². The number of rotatable bonds is 8. The van der Waals surface area contributed by atoms with Gasteiger partial charge in [-0.2, -0.15) is 9.83 Å². The molecule has 0 atom stereocenters. The van der Waals surface area contributed by atoms with Crippen molar-refractivity contribution in [2.24, 2.45) is 0 Å². The van der Waals surface area contributed by atoms with Crippen molar-refractivity contribution in [3.8, 4) is 34.8 Å². The van der Waals surface area contributed by atoms with Crippen LogP contribution in [0.4, 0.5) is 0 Å². The third-order valence-corrected chi connectivity index (χ3v) is 6.30. The first-order chi connectivity index (χ1) is 18.2. The van der Waals surface area contributed by atoms with Crippen molar-refractivity contribution < 1.29 is 37.5 Å². The van der Waals surface area contributed by atoms with Crippen molar-refractivity contribution >= 4 is 31.0 Å². The topological polar surface area (TPSA) is 114 Å². The van der Waals surface area contributed by atoms with Gasteiger partial charge in [0, 0.05) is 21.9 Å². The molecule has 0 unspecified atom stereocenters. The van der Waals surface area contributed by atoms with Gasteiger partial charge in [0.2, 0.25) is 6.20 Å². The first-order valence-electron chi connectivity index (χ1n) is 10.7. The van der Waals surface area contributed by atoms with Crippen molar-refractivity contribution in [1.82, 2.24) is 0 Å². The Hall–Kier alpha value is -4.09. The standard InChI is InChI=1S/C20H17ClN2O6P.C6H5ClO/c1-25-16-3-7-18(8-4-16)27-30(24,28-19-9-5-17(26-2)6-10-19)29-23-12-11-15(14-22)13-20(23)21;7-5-2-1-3-6(8)4-5/h3-13H,1-2H3;1-4,8H/q+1;/p-1. The minimum Gasteiger partial charge on any atom is -0.872 e. The second-order valence-corrected chi connectivity index (χ2v) is 9.44. The van der Waals surface area contributed by atoms with Crippen LogP contribution in [-0.4, -0.2) is 14.2 Å². The van der Waals surface area contributed by atoms with Crippen molar-refractivity contribution in [2.45, 2.75) is 0 Å². The second kappa shape index (κ2) is 13.5. The molecule has 9 nitrogen and oxygen atoms in total. The zero-order chi connectivity index (χ0) is 27.5. The molecule has 0 saturated carbocycles. The average molecular weight is 575 g/mol. The van der Waals surface area contributed by atoms with Crippen molar-refractivity contribution in [2.75, 3.05) is 14.2 Å². The Balaban J connectivity index is 0.000000427. The lowest BCUT2D eigenvalue weighted by molar-refractivity contribution is -0.858. The molecular formula is C26H21Cl2N2O7P. The second-order valence-electron chi connectivity index (χ2n) is 7.20. The number of methoxy groups -OCH3 is 2. The average Bonchev–Trinajstić information content (AvgIpc) is 2.91. The Morgan fingerprint density at radius 3 is 1.74 bits per heavy atom. The SMILES string of the molecule is COc1ccc(OP(=O)(Oc2ccc(OC)cc2)O[n+]2ccc(C#N)cc2Cl)cc1.[O-]c1cccc(Cl)c1. The molecule has 0 bridgehead atoms. The molecule has 12 heteroatoms. The van der Waals surface area contributed by atoms with Crippen LogP contribution in [0.15, 0.2) is 91.1 Å². The highest BCUT2D eigenvalue weighted by Crippen LogP contribution is 2.46. The lowest BCUT2D eigenvalue weighted by Gasteiger charge is -2.15. The Bertz CT molecular complexity index is 1370. The van der Waals surface area contributed by atoms with E-state index in [-0.39, 0.29) is 22.4 Å². The summed E-state index contributed by atoms with van der Waals surface area (Å²) in [5.74, 6) is 1.59. The van der Waals surface area contributed by atoms with Crippen LogP contribution in [0.5, 0.6) is 28.7 Å². The Labute approximate surface area is 229 Å². The van der Waals surface area contributed by atoms with E-state index in [1.54, 1.807) is 60.7 Å². The number of hydrogen-bond donors (Lipinski definition) is 0. The van der Waals surface area contributed by atoms with E-state index in [1.807, 2.05) is 6.07 Å². The van der Waals surface area contributed by atoms with Gasteiger partial charge in [-0.25, -0.2) is 0 Å². The van der Waals surface area contributed by atoms with E-state index in [0.717, 1.165) is 4.73 Å². The number of hydrogen-bond acceptors (Lipinski definition) is 8. The van der Waals surface area contributed by atoms with E-state index in [4.69, 9.17) is 51.6 Å². The highest BCUT2D eigenvalue weighted by atomic mass is 35.5. The lowest BCUT2D eigenvalue weighted by atomic mass is 10.3. The van der Waals surface area contributed by atoms with Gasteiger partial charge in [-0.3, -0.25) is 0 Å². The van der Waals surface area contributed by atoms with Gasteiger partial charge in [0.1, 0.15) is 23.0 Å². The fourth-order valence-corrected chi connectivity index (χ4v) is 4.41. The van der Waals surface area contributed by atoms with Gasteiger partial charge in [0.15, 0.2) is 0 Å². The van der Waals surface area contributed by atoms with E-state index >= 15 is 0 Å². The number of phosphoric acid groups is 1. The third-order valence-electron chi connectivity index (χ3n) is 4.54. The summed E-state index contributed by atoms with van der Waals surface area (Å²) < 4.78 is 41.3. The largest absolute Gasteiger partial charge is 0.872 e. The number of ether oxygens (including phenoxy) is 2. The molecule has 0 fully saturated rings. The van der Waals surface area contributed by atoms with Gasteiger partial charge in [0.05, 0.1) is 25.9 Å². The molecule has 1 heterocycles. The first kappa shape index (κ1) is 28.5. The van der Waals surface area contributed by atoms with Gasteiger partial charge >= 0.3 is 13.0 Å². The number of phosphoric ester groups is 1. The molecule has 0 spiro atoms. The summed E-state index contributed by atoms with van der Waals surface area (Å²) >= 11 is 11.6. The lowest BCUT2D eigenvalue weighted by Crippen LogP contribution is -2.43. The van der Waals surface area contributed by atoms with Crippen LogP contribution in [0.1, 0.15) is 5.56 Å². The first-order valence-corrected chi connectivity index (χ1v) is 13.0. The molecule has 4 aromatic rings. The minimum absolute atomic E-state index is 0.00550. The molecule has 0 N–H and O–H groups in total. The summed E-state index contributed by atoms with van der Waals surface area (Å²) in [5, 5.41) is 19.9. The van der Waals surface area contributed by atoms with Crippen molar-refractivity contribution in [3.05, 3.63) is 107 Å². The summed E-state index contributed by atoms with van der Waals surface area (Å²) in [6.07, 6.45) is 1.34. The fraction of sp³-hybridized carbons (Fsp3) is 0.0769. The van der Waals surface area contributed by atoms with Crippen molar-refractivity contribution in [3.63, 3.8) is 0 Å². The molecule has 1 aromatic heterocycles. The van der Waals surface area contributed by atoms with Crippen LogP contribution in [-0.2, 0) is 4.57 Å². The van der Waals surface area contributed by atoms with Crippen LogP contribution >= 0.6 is 31.0 Å². The predicted octanol–water partition coefficient (Wildman–Crippen LogP) is 5.62. The monoisotopic (exact) mass is 574 g/mol. The summed E-state index contributed by atoms with van der Waals surface area (Å²) in [4.78, 5) is 0. The summed E-state index contributed by atoms with van der Waals surface area (Å²) in [6, 6.07) is 23.6. The number of nitriles is 1. The number of nitrogens with zero attached hydrogens (tertiary/aromatic N) is 2. The van der Waals surface area contributed by atoms with Gasteiger partial charge in [0.25, 0.3) is 0 Å². The summed E-state index contributed by atoms with van der Waals surface area (Å²) in [5.41, 5.74) is 0.307. The maximum absolute atomic E-state index is 13.5. The van der Waals surface area contributed by atoms with Crippen LogP contribution in [0, 0.1) is 11.3 Å². The van der Waals surface area contributed by atoms with Crippen molar-refractivity contribution in [1.29, 1.82) is 5.26 Å².